The number of nitrogens with one attached hydrogen (secondary N) is 1. The number of nitrogens with zero attached hydrogens (tertiary/aromatic N) is 2. The SMILES string of the molecule is CCn1c(=O)c2cc(C(=O)NCCN(C)Cc3ccccc3)sc2c2ccccc21. The zero-order chi connectivity index (χ0) is 21.1. The topological polar surface area (TPSA) is 54.3 Å². The summed E-state index contributed by atoms with van der Waals surface area (Å²) in [6.07, 6.45) is 0. The van der Waals surface area contributed by atoms with Crippen LogP contribution in [0.25, 0.3) is 21.0 Å². The van der Waals surface area contributed by atoms with Crippen LogP contribution in [0.1, 0.15) is 22.2 Å². The van der Waals surface area contributed by atoms with Crippen molar-refractivity contribution >= 4 is 38.2 Å². The minimum absolute atomic E-state index is 0.0379. The number of carbonyl (C=O) groups is 1. The molecule has 2 aromatic carbocycles. The van der Waals surface area contributed by atoms with Gasteiger partial charge in [0.15, 0.2) is 0 Å². The molecule has 0 atom stereocenters. The highest BCUT2D eigenvalue weighted by molar-refractivity contribution is 7.21. The van der Waals surface area contributed by atoms with Gasteiger partial charge in [-0.2, -0.15) is 0 Å². The van der Waals surface area contributed by atoms with Crippen molar-refractivity contribution in [1.29, 1.82) is 0 Å². The second-order valence-electron chi connectivity index (χ2n) is 7.40. The smallest absolute Gasteiger partial charge is 0.261 e. The van der Waals surface area contributed by atoms with E-state index in [4.69, 9.17) is 0 Å². The summed E-state index contributed by atoms with van der Waals surface area (Å²) >= 11 is 1.39. The second kappa shape index (κ2) is 8.81. The first-order valence-electron chi connectivity index (χ1n) is 10.1. The fourth-order valence-electron chi connectivity index (χ4n) is 3.75. The van der Waals surface area contributed by atoms with Crippen LogP contribution in [0.3, 0.4) is 0 Å². The normalized spacial score (nSPS) is 11.4. The van der Waals surface area contributed by atoms with Crippen LogP contribution in [0.2, 0.25) is 0 Å². The molecular formula is C24H25N3O2S. The molecule has 0 radical (unpaired) electrons. The summed E-state index contributed by atoms with van der Waals surface area (Å²) in [6.45, 7) is 4.70. The Hall–Kier alpha value is -2.96. The van der Waals surface area contributed by atoms with Gasteiger partial charge in [0.25, 0.3) is 11.5 Å². The predicted molar refractivity (Wildman–Crippen MR) is 124 cm³/mol. The van der Waals surface area contributed by atoms with E-state index >= 15 is 0 Å². The summed E-state index contributed by atoms with van der Waals surface area (Å²) < 4.78 is 2.65. The van der Waals surface area contributed by atoms with Gasteiger partial charge >= 0.3 is 0 Å². The number of rotatable bonds is 7. The Balaban J connectivity index is 1.49. The quantitative estimate of drug-likeness (QED) is 0.491. The molecule has 5 nitrogen and oxygen atoms in total. The zero-order valence-electron chi connectivity index (χ0n) is 17.2. The lowest BCUT2D eigenvalue weighted by Gasteiger charge is -2.16. The summed E-state index contributed by atoms with van der Waals surface area (Å²) in [7, 11) is 2.04. The molecule has 0 fully saturated rings. The number of pyridine rings is 1. The molecule has 4 rings (SSSR count). The number of aromatic nitrogens is 1. The van der Waals surface area contributed by atoms with Crippen molar-refractivity contribution in [2.75, 3.05) is 20.1 Å². The monoisotopic (exact) mass is 419 g/mol. The number of fused-ring (bicyclic) bond motifs is 3. The van der Waals surface area contributed by atoms with Crippen LogP contribution in [-0.4, -0.2) is 35.5 Å². The van der Waals surface area contributed by atoms with Crippen LogP contribution in [0.15, 0.2) is 65.5 Å². The Morgan fingerprint density at radius 2 is 1.80 bits per heavy atom. The van der Waals surface area contributed by atoms with E-state index in [9.17, 15) is 9.59 Å². The number of aryl methyl sites for hydroxylation is 1. The third-order valence-electron chi connectivity index (χ3n) is 5.26. The van der Waals surface area contributed by atoms with E-state index in [1.165, 1.54) is 16.9 Å². The van der Waals surface area contributed by atoms with Crippen LogP contribution >= 0.6 is 11.3 Å². The summed E-state index contributed by atoms with van der Waals surface area (Å²) in [4.78, 5) is 28.4. The van der Waals surface area contributed by atoms with E-state index in [1.54, 1.807) is 10.6 Å². The van der Waals surface area contributed by atoms with Crippen molar-refractivity contribution in [2.45, 2.75) is 20.0 Å². The van der Waals surface area contributed by atoms with E-state index in [-0.39, 0.29) is 11.5 Å². The molecule has 1 N–H and O–H groups in total. The first-order valence-corrected chi connectivity index (χ1v) is 11.0. The van der Waals surface area contributed by atoms with E-state index in [0.717, 1.165) is 28.7 Å². The summed E-state index contributed by atoms with van der Waals surface area (Å²) in [6, 6.07) is 19.9. The lowest BCUT2D eigenvalue weighted by atomic mass is 10.1. The Morgan fingerprint density at radius 3 is 2.57 bits per heavy atom. The van der Waals surface area contributed by atoms with E-state index < -0.39 is 0 Å². The molecule has 0 aliphatic rings. The summed E-state index contributed by atoms with van der Waals surface area (Å²) in [5.41, 5.74) is 2.12. The summed E-state index contributed by atoms with van der Waals surface area (Å²) in [5, 5.41) is 4.63. The summed E-state index contributed by atoms with van der Waals surface area (Å²) in [5.74, 6) is -0.129. The maximum atomic E-state index is 12.9. The Bertz CT molecular complexity index is 1240. The van der Waals surface area contributed by atoms with Gasteiger partial charge in [0.2, 0.25) is 0 Å². The first-order chi connectivity index (χ1) is 14.6. The molecule has 2 aromatic heterocycles. The first kappa shape index (κ1) is 20.3. The predicted octanol–water partition coefficient (Wildman–Crippen LogP) is 4.10. The molecule has 0 aliphatic heterocycles. The molecule has 6 heteroatoms. The minimum atomic E-state index is -0.129. The number of carbonyl (C=O) groups excluding carboxylic acids is 1. The molecule has 4 aromatic rings. The maximum Gasteiger partial charge on any atom is 0.261 e. The van der Waals surface area contributed by atoms with Crippen LogP contribution in [0, 0.1) is 0 Å². The average Bonchev–Trinajstić information content (AvgIpc) is 3.21. The second-order valence-corrected chi connectivity index (χ2v) is 8.45. The zero-order valence-corrected chi connectivity index (χ0v) is 18.0. The van der Waals surface area contributed by atoms with Gasteiger partial charge in [-0.3, -0.25) is 9.59 Å². The molecule has 0 spiro atoms. The number of amides is 1. The highest BCUT2D eigenvalue weighted by Crippen LogP contribution is 2.30. The molecule has 2 heterocycles. The van der Waals surface area contributed by atoms with Crippen molar-refractivity contribution < 1.29 is 4.79 Å². The largest absolute Gasteiger partial charge is 0.350 e. The molecule has 154 valence electrons. The number of para-hydroxylation sites is 1. The van der Waals surface area contributed by atoms with Crippen molar-refractivity contribution in [3.63, 3.8) is 0 Å². The highest BCUT2D eigenvalue weighted by Gasteiger charge is 2.16. The van der Waals surface area contributed by atoms with Crippen molar-refractivity contribution in [3.8, 4) is 0 Å². The van der Waals surface area contributed by atoms with E-state index in [0.29, 0.717) is 23.4 Å². The number of likely N-dealkylation sites (N-methyl/N-ethyl adjacent to an activating group) is 1. The molecule has 1 amide bonds. The van der Waals surface area contributed by atoms with E-state index in [1.807, 2.05) is 56.4 Å². The van der Waals surface area contributed by atoms with Gasteiger partial charge in [0.1, 0.15) is 0 Å². The minimum Gasteiger partial charge on any atom is -0.350 e. The highest BCUT2D eigenvalue weighted by atomic mass is 32.1. The van der Waals surface area contributed by atoms with Gasteiger partial charge < -0.3 is 14.8 Å². The molecule has 30 heavy (non-hydrogen) atoms. The Morgan fingerprint density at radius 1 is 1.07 bits per heavy atom. The van der Waals surface area contributed by atoms with Gasteiger partial charge in [0, 0.05) is 36.3 Å². The maximum absolute atomic E-state index is 12.9. The molecule has 0 saturated carbocycles. The van der Waals surface area contributed by atoms with Gasteiger partial charge in [-0.05, 0) is 31.7 Å². The average molecular weight is 420 g/mol. The third-order valence-corrected chi connectivity index (χ3v) is 6.43. The number of hydrogen-bond acceptors (Lipinski definition) is 4. The molecule has 0 bridgehead atoms. The number of thiophene rings is 1. The molecule has 0 saturated heterocycles. The molecular weight excluding hydrogens is 394 g/mol. The van der Waals surface area contributed by atoms with Gasteiger partial charge in [-0.25, -0.2) is 0 Å². The lowest BCUT2D eigenvalue weighted by Crippen LogP contribution is -2.32. The standard InChI is InChI=1S/C24H25N3O2S/c1-3-27-20-12-8-7-11-18(20)22-19(24(27)29)15-21(30-22)23(28)25-13-14-26(2)16-17-9-5-4-6-10-17/h4-12,15H,3,13-14,16H2,1-2H3,(H,25,28). The Labute approximate surface area is 179 Å². The van der Waals surface area contributed by atoms with Crippen LogP contribution in [0.5, 0.6) is 0 Å². The number of benzene rings is 2. The van der Waals surface area contributed by atoms with Crippen molar-refractivity contribution in [1.82, 2.24) is 14.8 Å². The number of hydrogen-bond donors (Lipinski definition) is 1. The third kappa shape index (κ3) is 4.01. The van der Waals surface area contributed by atoms with Gasteiger partial charge in [-0.1, -0.05) is 48.5 Å². The fraction of sp³-hybridized carbons (Fsp3) is 0.250. The van der Waals surface area contributed by atoms with E-state index in [2.05, 4.69) is 22.3 Å². The van der Waals surface area contributed by atoms with Crippen LogP contribution in [0.4, 0.5) is 0 Å². The van der Waals surface area contributed by atoms with Gasteiger partial charge in [0.05, 0.1) is 15.8 Å². The van der Waals surface area contributed by atoms with Crippen molar-refractivity contribution in [2.24, 2.45) is 0 Å². The van der Waals surface area contributed by atoms with Gasteiger partial charge in [-0.15, -0.1) is 11.3 Å². The van der Waals surface area contributed by atoms with Crippen LogP contribution in [-0.2, 0) is 13.1 Å². The molecule has 0 aliphatic carbocycles. The Kier molecular flexibility index (Phi) is 5.97. The lowest BCUT2D eigenvalue weighted by molar-refractivity contribution is 0.0953. The fourth-order valence-corrected chi connectivity index (χ4v) is 4.85. The van der Waals surface area contributed by atoms with Crippen molar-refractivity contribution in [3.05, 3.63) is 81.5 Å². The molecule has 0 unspecified atom stereocenters. The van der Waals surface area contributed by atoms with Crippen LogP contribution < -0.4 is 10.9 Å².